The van der Waals surface area contributed by atoms with E-state index >= 15 is 0 Å². The van der Waals surface area contributed by atoms with Gasteiger partial charge in [0.25, 0.3) is 0 Å². The van der Waals surface area contributed by atoms with Gasteiger partial charge in [-0.3, -0.25) is 0 Å². The maximum absolute atomic E-state index is 3.77. The van der Waals surface area contributed by atoms with E-state index in [0.717, 1.165) is 0 Å². The zero-order chi connectivity index (χ0) is 11.4. The van der Waals surface area contributed by atoms with Crippen molar-refractivity contribution >= 4 is 22.9 Å². The Labute approximate surface area is 95.5 Å². The number of rotatable bonds is 2. The fourth-order valence-electron chi connectivity index (χ4n) is 1.89. The van der Waals surface area contributed by atoms with E-state index in [9.17, 15) is 0 Å². The van der Waals surface area contributed by atoms with E-state index in [-0.39, 0.29) is 0 Å². The predicted octanol–water partition coefficient (Wildman–Crippen LogP) is 2.77. The first-order chi connectivity index (χ1) is 7.86. The molecule has 0 nitrogen and oxygen atoms in total. The van der Waals surface area contributed by atoms with Crippen LogP contribution in [0.5, 0.6) is 0 Å². The summed E-state index contributed by atoms with van der Waals surface area (Å²) in [5, 5.41) is 4.87. The fourth-order valence-corrected chi connectivity index (χ4v) is 1.89. The van der Waals surface area contributed by atoms with Crippen LogP contribution in [0.2, 0.25) is 0 Å². The smallest absolute Gasteiger partial charge is 0.0105 e. The van der Waals surface area contributed by atoms with Gasteiger partial charge in [-0.1, -0.05) is 73.9 Å². The monoisotopic (exact) mass is 206 g/mol. The van der Waals surface area contributed by atoms with E-state index in [2.05, 4.69) is 49.6 Å². The summed E-state index contributed by atoms with van der Waals surface area (Å²) in [5.74, 6) is 0. The molecule has 0 saturated heterocycles. The molecule has 0 unspecified atom stereocenters. The maximum atomic E-state index is 3.77. The van der Waals surface area contributed by atoms with Gasteiger partial charge in [0.05, 0.1) is 0 Å². The van der Waals surface area contributed by atoms with Gasteiger partial charge in [0, 0.05) is 0 Å². The summed E-state index contributed by atoms with van der Waals surface area (Å²) >= 11 is 0. The van der Waals surface area contributed by atoms with Crippen LogP contribution in [0.3, 0.4) is 0 Å². The van der Waals surface area contributed by atoms with Crippen molar-refractivity contribution < 1.29 is 0 Å². The molecular weight excluding hydrogens is 192 g/mol. The molecule has 0 radical (unpaired) electrons. The molecule has 78 valence electrons. The SMILES string of the molecule is C=C/C=c1/ccc2ccccc2/c1=C/C=C. The summed E-state index contributed by atoms with van der Waals surface area (Å²) in [4.78, 5) is 0. The highest BCUT2D eigenvalue weighted by Gasteiger charge is 1.93. The summed E-state index contributed by atoms with van der Waals surface area (Å²) in [7, 11) is 0. The molecule has 0 bridgehead atoms. The molecule has 0 aliphatic carbocycles. The summed E-state index contributed by atoms with van der Waals surface area (Å²) in [6, 6.07) is 12.6. The van der Waals surface area contributed by atoms with Crippen LogP contribution in [-0.4, -0.2) is 0 Å². The van der Waals surface area contributed by atoms with Gasteiger partial charge in [0.2, 0.25) is 0 Å². The topological polar surface area (TPSA) is 0 Å². The molecule has 2 rings (SSSR count). The number of hydrogen-bond acceptors (Lipinski definition) is 0. The molecule has 0 amide bonds. The number of benzene rings is 2. The summed E-state index contributed by atoms with van der Waals surface area (Å²) in [6.45, 7) is 7.51. The maximum Gasteiger partial charge on any atom is -0.0105 e. The van der Waals surface area contributed by atoms with Crippen LogP contribution >= 0.6 is 0 Å². The third kappa shape index (κ3) is 1.82. The predicted molar refractivity (Wildman–Crippen MR) is 72.5 cm³/mol. The van der Waals surface area contributed by atoms with Gasteiger partial charge < -0.3 is 0 Å². The second-order valence-electron chi connectivity index (χ2n) is 3.59. The molecule has 0 aliphatic heterocycles. The zero-order valence-electron chi connectivity index (χ0n) is 9.19. The lowest BCUT2D eigenvalue weighted by Crippen LogP contribution is -2.24. The van der Waals surface area contributed by atoms with Gasteiger partial charge in [-0.2, -0.15) is 0 Å². The normalized spacial score (nSPS) is 13.0. The highest BCUT2D eigenvalue weighted by atomic mass is 14.0. The van der Waals surface area contributed by atoms with Gasteiger partial charge in [0.1, 0.15) is 0 Å². The average molecular weight is 206 g/mol. The van der Waals surface area contributed by atoms with Crippen LogP contribution in [0.1, 0.15) is 0 Å². The quantitative estimate of drug-likeness (QED) is 0.708. The van der Waals surface area contributed by atoms with Crippen molar-refractivity contribution in [3.8, 4) is 0 Å². The lowest BCUT2D eigenvalue weighted by molar-refractivity contribution is 1.58. The van der Waals surface area contributed by atoms with Crippen LogP contribution in [0, 0.1) is 0 Å². The summed E-state index contributed by atoms with van der Waals surface area (Å²) < 4.78 is 0. The minimum atomic E-state index is 1.17. The molecule has 0 aromatic heterocycles. The van der Waals surface area contributed by atoms with Gasteiger partial charge >= 0.3 is 0 Å². The Hall–Kier alpha value is -2.08. The number of fused-ring (bicyclic) bond motifs is 1. The van der Waals surface area contributed by atoms with Gasteiger partial charge in [-0.05, 0) is 21.2 Å². The first-order valence-electron chi connectivity index (χ1n) is 5.30. The van der Waals surface area contributed by atoms with Crippen LogP contribution in [-0.2, 0) is 0 Å². The molecule has 2 aromatic carbocycles. The van der Waals surface area contributed by atoms with Crippen LogP contribution in [0.15, 0.2) is 61.7 Å². The van der Waals surface area contributed by atoms with Crippen LogP contribution < -0.4 is 10.4 Å². The van der Waals surface area contributed by atoms with Crippen LogP contribution in [0.4, 0.5) is 0 Å². The van der Waals surface area contributed by atoms with E-state index in [1.807, 2.05) is 24.3 Å². The number of hydrogen-bond donors (Lipinski definition) is 0. The minimum Gasteiger partial charge on any atom is -0.0990 e. The molecule has 16 heavy (non-hydrogen) atoms. The fraction of sp³-hybridized carbons (Fsp3) is 0. The highest BCUT2D eigenvalue weighted by molar-refractivity contribution is 5.84. The molecule has 0 spiro atoms. The lowest BCUT2D eigenvalue weighted by Gasteiger charge is -1.99. The Morgan fingerprint density at radius 3 is 2.31 bits per heavy atom. The zero-order valence-corrected chi connectivity index (χ0v) is 9.19. The van der Waals surface area contributed by atoms with Crippen molar-refractivity contribution in [1.29, 1.82) is 0 Å². The largest absolute Gasteiger partial charge is 0.0990 e. The van der Waals surface area contributed by atoms with E-state index < -0.39 is 0 Å². The Morgan fingerprint density at radius 2 is 1.56 bits per heavy atom. The van der Waals surface area contributed by atoms with Gasteiger partial charge in [-0.25, -0.2) is 0 Å². The van der Waals surface area contributed by atoms with Gasteiger partial charge in [0.15, 0.2) is 0 Å². The van der Waals surface area contributed by atoms with E-state index in [1.165, 1.54) is 21.2 Å². The highest BCUT2D eigenvalue weighted by Crippen LogP contribution is 2.06. The molecule has 0 atom stereocenters. The standard InChI is InChI=1S/C16H14/c1-3-7-13-11-12-14-9-5-6-10-16(14)15(13)8-4-2/h3-12H,1-2H2/b13-7-,15-8+. The van der Waals surface area contributed by atoms with Crippen molar-refractivity contribution in [3.05, 3.63) is 72.1 Å². The average Bonchev–Trinajstić information content (AvgIpc) is 2.32. The van der Waals surface area contributed by atoms with Crippen molar-refractivity contribution in [2.24, 2.45) is 0 Å². The third-order valence-corrected chi connectivity index (χ3v) is 2.59. The molecule has 0 heterocycles. The molecule has 2 aromatic rings. The lowest BCUT2D eigenvalue weighted by atomic mass is 10.1. The third-order valence-electron chi connectivity index (χ3n) is 2.59. The second kappa shape index (κ2) is 4.63. The molecule has 0 aliphatic rings. The molecule has 0 N–H and O–H groups in total. The van der Waals surface area contributed by atoms with E-state index in [4.69, 9.17) is 0 Å². The molecular formula is C16H14. The first kappa shape index (κ1) is 10.4. The molecule has 0 heteroatoms. The molecule has 0 saturated carbocycles. The van der Waals surface area contributed by atoms with Crippen molar-refractivity contribution in [2.45, 2.75) is 0 Å². The second-order valence-corrected chi connectivity index (χ2v) is 3.59. The van der Waals surface area contributed by atoms with Crippen molar-refractivity contribution in [3.63, 3.8) is 0 Å². The summed E-state index contributed by atoms with van der Waals surface area (Å²) in [5.41, 5.74) is 0. The summed E-state index contributed by atoms with van der Waals surface area (Å²) in [6.07, 6.45) is 7.69. The minimum absolute atomic E-state index is 1.17. The van der Waals surface area contributed by atoms with Crippen molar-refractivity contribution in [2.75, 3.05) is 0 Å². The first-order valence-corrected chi connectivity index (χ1v) is 5.30. The van der Waals surface area contributed by atoms with E-state index in [0.29, 0.717) is 0 Å². The van der Waals surface area contributed by atoms with Crippen molar-refractivity contribution in [1.82, 2.24) is 0 Å². The van der Waals surface area contributed by atoms with E-state index in [1.54, 1.807) is 0 Å². The van der Waals surface area contributed by atoms with Gasteiger partial charge in [-0.15, -0.1) is 0 Å². The Morgan fingerprint density at radius 1 is 0.812 bits per heavy atom. The molecule has 0 fully saturated rings. The Bertz CT molecular complexity index is 645. The van der Waals surface area contributed by atoms with Crippen LogP contribution in [0.25, 0.3) is 22.9 Å². The Balaban J connectivity index is 3.02. The number of allylic oxidation sites excluding steroid dienone is 2. The Kier molecular flexibility index (Phi) is 3.02.